The number of benzene rings is 2. The van der Waals surface area contributed by atoms with E-state index in [2.05, 4.69) is 79.2 Å². The molecule has 0 saturated heterocycles. The van der Waals surface area contributed by atoms with Crippen molar-refractivity contribution in [1.29, 1.82) is 0 Å². The van der Waals surface area contributed by atoms with Gasteiger partial charge in [-0.3, -0.25) is 0 Å². The smallest absolute Gasteiger partial charge is 0.0755 e. The molecule has 2 aromatic carbocycles. The van der Waals surface area contributed by atoms with Crippen molar-refractivity contribution < 1.29 is 0 Å². The fourth-order valence-corrected chi connectivity index (χ4v) is 3.79. The van der Waals surface area contributed by atoms with Crippen LogP contribution in [0.1, 0.15) is 24.5 Å². The van der Waals surface area contributed by atoms with Gasteiger partial charge < -0.3 is 0 Å². The molecular weight excluding hydrogens is 244 g/mol. The van der Waals surface area contributed by atoms with Crippen molar-refractivity contribution in [2.24, 2.45) is 0 Å². The Kier molecular flexibility index (Phi) is 4.19. The van der Waals surface area contributed by atoms with Gasteiger partial charge in [0.15, 0.2) is 0 Å². The van der Waals surface area contributed by atoms with E-state index in [-0.39, 0.29) is 4.75 Å². The van der Waals surface area contributed by atoms with Crippen molar-refractivity contribution >= 4 is 22.5 Å². The van der Waals surface area contributed by atoms with Crippen molar-refractivity contribution in [3.05, 3.63) is 71.8 Å². The molecule has 2 heteroatoms. The SMILES string of the molecule is CCC(SS)(c1ccccc1)c1ccccc1. The molecule has 0 spiro atoms. The van der Waals surface area contributed by atoms with Crippen molar-refractivity contribution in [3.8, 4) is 0 Å². The van der Waals surface area contributed by atoms with Gasteiger partial charge in [0, 0.05) is 0 Å². The van der Waals surface area contributed by atoms with E-state index >= 15 is 0 Å². The monoisotopic (exact) mass is 260 g/mol. The van der Waals surface area contributed by atoms with Crippen LogP contribution in [-0.2, 0) is 4.75 Å². The van der Waals surface area contributed by atoms with Gasteiger partial charge in [0.1, 0.15) is 0 Å². The summed E-state index contributed by atoms with van der Waals surface area (Å²) in [5.41, 5.74) is 2.63. The number of hydrogen-bond acceptors (Lipinski definition) is 2. The molecule has 0 amide bonds. The average molecular weight is 260 g/mol. The van der Waals surface area contributed by atoms with Crippen LogP contribution in [0.4, 0.5) is 0 Å². The van der Waals surface area contributed by atoms with E-state index in [1.807, 2.05) is 0 Å². The van der Waals surface area contributed by atoms with Gasteiger partial charge in [0.05, 0.1) is 4.75 Å². The van der Waals surface area contributed by atoms with Gasteiger partial charge in [-0.2, -0.15) is 0 Å². The topological polar surface area (TPSA) is 0 Å². The number of hydrogen-bond donors (Lipinski definition) is 1. The largest absolute Gasteiger partial charge is 0.110 e. The van der Waals surface area contributed by atoms with Gasteiger partial charge in [-0.25, -0.2) is 0 Å². The van der Waals surface area contributed by atoms with Crippen molar-refractivity contribution in [1.82, 2.24) is 0 Å². The second-order valence-corrected chi connectivity index (χ2v) is 5.43. The Labute approximate surface area is 112 Å². The summed E-state index contributed by atoms with van der Waals surface area (Å²) in [5.74, 6) is 0. The Balaban J connectivity index is 2.54. The van der Waals surface area contributed by atoms with E-state index in [4.69, 9.17) is 0 Å². The van der Waals surface area contributed by atoms with Crippen molar-refractivity contribution in [2.45, 2.75) is 18.1 Å². The van der Waals surface area contributed by atoms with Crippen LogP contribution in [0.5, 0.6) is 0 Å². The Morgan fingerprint density at radius 1 is 0.882 bits per heavy atom. The van der Waals surface area contributed by atoms with Crippen LogP contribution in [-0.4, -0.2) is 0 Å². The maximum absolute atomic E-state index is 4.52. The van der Waals surface area contributed by atoms with Crippen LogP contribution >= 0.6 is 22.5 Å². The lowest BCUT2D eigenvalue weighted by atomic mass is 9.88. The van der Waals surface area contributed by atoms with Gasteiger partial charge in [0.2, 0.25) is 0 Å². The molecule has 0 aliphatic heterocycles. The van der Waals surface area contributed by atoms with E-state index in [0.717, 1.165) is 6.42 Å². The first-order valence-corrected chi connectivity index (χ1v) is 7.64. The lowest BCUT2D eigenvalue weighted by Gasteiger charge is -2.31. The fraction of sp³-hybridized carbons (Fsp3) is 0.200. The van der Waals surface area contributed by atoms with E-state index in [0.29, 0.717) is 0 Å². The zero-order valence-corrected chi connectivity index (χ0v) is 11.5. The number of rotatable bonds is 4. The maximum atomic E-state index is 4.52. The minimum Gasteiger partial charge on any atom is -0.110 e. The second-order valence-electron chi connectivity index (χ2n) is 4.00. The zero-order chi connectivity index (χ0) is 12.1. The summed E-state index contributed by atoms with van der Waals surface area (Å²) in [7, 11) is 1.62. The van der Waals surface area contributed by atoms with Crippen molar-refractivity contribution in [3.63, 3.8) is 0 Å². The molecule has 0 radical (unpaired) electrons. The van der Waals surface area contributed by atoms with Crippen LogP contribution in [0.15, 0.2) is 60.7 Å². The molecule has 17 heavy (non-hydrogen) atoms. The lowest BCUT2D eigenvalue weighted by Crippen LogP contribution is -2.21. The highest BCUT2D eigenvalue weighted by molar-refractivity contribution is 8.69. The summed E-state index contributed by atoms with van der Waals surface area (Å²) in [5, 5.41) is 0. The molecule has 2 rings (SSSR count). The van der Waals surface area contributed by atoms with E-state index < -0.39 is 0 Å². The molecule has 0 bridgehead atoms. The zero-order valence-electron chi connectivity index (χ0n) is 9.84. The molecule has 0 aliphatic carbocycles. The molecule has 0 atom stereocenters. The normalized spacial score (nSPS) is 11.4. The lowest BCUT2D eigenvalue weighted by molar-refractivity contribution is 0.715. The highest BCUT2D eigenvalue weighted by atomic mass is 33.1. The molecule has 0 saturated carbocycles. The highest BCUT2D eigenvalue weighted by Crippen LogP contribution is 2.47. The van der Waals surface area contributed by atoms with Crippen LogP contribution in [0, 0.1) is 0 Å². The summed E-state index contributed by atoms with van der Waals surface area (Å²) in [6.07, 6.45) is 1.02. The Hall–Kier alpha value is -0.860. The summed E-state index contributed by atoms with van der Waals surface area (Å²) < 4.78 is -0.0500. The first kappa shape index (κ1) is 12.6. The first-order chi connectivity index (χ1) is 8.33. The van der Waals surface area contributed by atoms with Gasteiger partial charge in [-0.1, -0.05) is 78.4 Å². The molecule has 0 nitrogen and oxygen atoms in total. The minimum absolute atomic E-state index is 0.0500. The quantitative estimate of drug-likeness (QED) is 0.601. The van der Waals surface area contributed by atoms with E-state index in [1.165, 1.54) is 11.1 Å². The van der Waals surface area contributed by atoms with E-state index in [1.54, 1.807) is 10.8 Å². The summed E-state index contributed by atoms with van der Waals surface area (Å²) in [4.78, 5) is 0. The van der Waals surface area contributed by atoms with Crippen LogP contribution in [0.25, 0.3) is 0 Å². The standard InChI is InChI=1S/C15H16S2/c1-2-15(17-16,13-9-5-3-6-10-13)14-11-7-4-8-12-14/h3-12,16H,2H2,1H3. The molecular formula is C15H16S2. The number of thiol groups is 1. The van der Waals surface area contributed by atoms with Gasteiger partial charge in [-0.15, -0.1) is 11.7 Å². The Bertz CT molecular complexity index is 405. The fourth-order valence-electron chi connectivity index (χ4n) is 2.16. The van der Waals surface area contributed by atoms with Gasteiger partial charge in [0.25, 0.3) is 0 Å². The molecule has 0 unspecified atom stereocenters. The van der Waals surface area contributed by atoms with Gasteiger partial charge in [-0.05, 0) is 17.5 Å². The average Bonchev–Trinajstić information content (AvgIpc) is 2.43. The molecule has 0 fully saturated rings. The summed E-state index contributed by atoms with van der Waals surface area (Å²) in [6.45, 7) is 2.21. The van der Waals surface area contributed by atoms with Gasteiger partial charge >= 0.3 is 0 Å². The molecule has 2 aromatic rings. The predicted molar refractivity (Wildman–Crippen MR) is 80.5 cm³/mol. The third-order valence-electron chi connectivity index (χ3n) is 3.13. The third-order valence-corrected chi connectivity index (χ3v) is 5.14. The predicted octanol–water partition coefficient (Wildman–Crippen LogP) is 4.92. The molecule has 0 heterocycles. The summed E-state index contributed by atoms with van der Waals surface area (Å²) >= 11 is 4.52. The minimum atomic E-state index is -0.0500. The van der Waals surface area contributed by atoms with Crippen LogP contribution in [0.3, 0.4) is 0 Å². The second kappa shape index (κ2) is 5.65. The van der Waals surface area contributed by atoms with Crippen LogP contribution < -0.4 is 0 Å². The Morgan fingerprint density at radius 3 is 1.59 bits per heavy atom. The Morgan fingerprint density at radius 2 is 1.29 bits per heavy atom. The highest BCUT2D eigenvalue weighted by Gasteiger charge is 2.31. The van der Waals surface area contributed by atoms with E-state index in [9.17, 15) is 0 Å². The first-order valence-electron chi connectivity index (χ1n) is 5.77. The molecule has 0 aromatic heterocycles. The maximum Gasteiger partial charge on any atom is 0.0755 e. The molecule has 88 valence electrons. The van der Waals surface area contributed by atoms with Crippen molar-refractivity contribution in [2.75, 3.05) is 0 Å². The molecule has 0 aliphatic rings. The third kappa shape index (κ3) is 2.38. The summed E-state index contributed by atoms with van der Waals surface area (Å²) in [6, 6.07) is 21.2. The molecule has 0 N–H and O–H groups in total. The van der Waals surface area contributed by atoms with Crippen LogP contribution in [0.2, 0.25) is 0 Å².